The second-order valence-electron chi connectivity index (χ2n) is 4.29. The molecule has 5 nitrogen and oxygen atoms in total. The van der Waals surface area contributed by atoms with Crippen LogP contribution in [0.3, 0.4) is 0 Å². The van der Waals surface area contributed by atoms with Crippen molar-refractivity contribution in [3.8, 4) is 0 Å². The average molecular weight is 285 g/mol. The number of carbonyl (C=O) groups is 1. The summed E-state index contributed by atoms with van der Waals surface area (Å²) in [5, 5.41) is 0.936. The maximum atomic E-state index is 12.0. The van der Waals surface area contributed by atoms with Crippen LogP contribution in [0, 0.1) is 0 Å². The molecule has 1 aromatic carbocycles. The lowest BCUT2D eigenvalue weighted by Gasteiger charge is -2.19. The fourth-order valence-electron chi connectivity index (χ4n) is 1.53. The normalized spacial score (nSPS) is 11.3. The van der Waals surface area contributed by atoms with Crippen LogP contribution in [0.2, 0.25) is 0 Å². The van der Waals surface area contributed by atoms with Crippen molar-refractivity contribution < 1.29 is 17.5 Å². The number of hydrogen-bond donors (Lipinski definition) is 0. The number of unbranched alkanes of at least 4 members (excludes halogenated alkanes) is 1. The van der Waals surface area contributed by atoms with Crippen molar-refractivity contribution in [2.45, 2.75) is 26.2 Å². The van der Waals surface area contributed by atoms with Gasteiger partial charge in [0.05, 0.1) is 19.2 Å². The van der Waals surface area contributed by atoms with E-state index >= 15 is 0 Å². The van der Waals surface area contributed by atoms with Crippen molar-refractivity contribution in [2.24, 2.45) is 0 Å². The Hall–Kier alpha value is -1.40. The first-order valence-corrected chi connectivity index (χ1v) is 7.98. The van der Waals surface area contributed by atoms with E-state index in [0.717, 1.165) is 23.3 Å². The molecule has 0 fully saturated rings. The molecule has 0 aliphatic carbocycles. The van der Waals surface area contributed by atoms with E-state index in [1.807, 2.05) is 37.3 Å². The average Bonchev–Trinajstić information content (AvgIpc) is 2.34. The fraction of sp³-hybridized carbons (Fsp3) is 0.462. The zero-order chi connectivity index (χ0) is 14.3. The second kappa shape index (κ2) is 7.25. The number of rotatable bonds is 7. The highest BCUT2D eigenvalue weighted by Gasteiger charge is 2.19. The van der Waals surface area contributed by atoms with Gasteiger partial charge < -0.3 is 0 Å². The zero-order valence-corrected chi connectivity index (χ0v) is 12.0. The monoisotopic (exact) mass is 285 g/mol. The number of hydroxylamine groups is 2. The summed E-state index contributed by atoms with van der Waals surface area (Å²) >= 11 is 0. The topological polar surface area (TPSA) is 63.7 Å². The summed E-state index contributed by atoms with van der Waals surface area (Å²) in [5.41, 5.74) is 0.825. The first-order chi connectivity index (χ1) is 8.92. The van der Waals surface area contributed by atoms with Gasteiger partial charge in [0.25, 0.3) is 16.0 Å². The third-order valence-electron chi connectivity index (χ3n) is 2.42. The van der Waals surface area contributed by atoms with Crippen LogP contribution < -0.4 is 0 Å². The number of benzene rings is 1. The molecule has 0 N–H and O–H groups in total. The summed E-state index contributed by atoms with van der Waals surface area (Å²) in [4.78, 5) is 12.0. The minimum absolute atomic E-state index is 0.125. The highest BCUT2D eigenvalue weighted by molar-refractivity contribution is 7.85. The minimum atomic E-state index is -3.69. The molecule has 0 saturated carbocycles. The predicted molar refractivity (Wildman–Crippen MR) is 72.7 cm³/mol. The highest BCUT2D eigenvalue weighted by Crippen LogP contribution is 2.07. The fourth-order valence-corrected chi connectivity index (χ4v) is 2.01. The molecule has 0 spiro atoms. The van der Waals surface area contributed by atoms with Gasteiger partial charge in [-0.15, -0.1) is 4.28 Å². The maximum Gasteiger partial charge on any atom is 0.285 e. The van der Waals surface area contributed by atoms with Gasteiger partial charge in [0.15, 0.2) is 0 Å². The molecular weight excluding hydrogens is 266 g/mol. The maximum absolute atomic E-state index is 12.0. The molecule has 0 aliphatic rings. The lowest BCUT2D eigenvalue weighted by molar-refractivity contribution is -0.155. The molecular formula is C13H19NO4S. The van der Waals surface area contributed by atoms with Crippen LogP contribution in [-0.2, 0) is 25.6 Å². The summed E-state index contributed by atoms with van der Waals surface area (Å²) in [6, 6.07) is 9.15. The van der Waals surface area contributed by atoms with Crippen LogP contribution in [0.4, 0.5) is 0 Å². The van der Waals surface area contributed by atoms with Gasteiger partial charge >= 0.3 is 0 Å². The molecule has 0 atom stereocenters. The SMILES string of the molecule is CCCCN(OS(C)(=O)=O)C(=O)Cc1ccccc1. The largest absolute Gasteiger partial charge is 0.285 e. The smallest absolute Gasteiger partial charge is 0.272 e. The van der Waals surface area contributed by atoms with E-state index in [1.54, 1.807) is 0 Å². The number of hydrogen-bond acceptors (Lipinski definition) is 4. The van der Waals surface area contributed by atoms with Gasteiger partial charge in [-0.05, 0) is 12.0 Å². The van der Waals surface area contributed by atoms with Crippen LogP contribution in [-0.4, -0.2) is 32.2 Å². The lowest BCUT2D eigenvalue weighted by Crippen LogP contribution is -2.35. The van der Waals surface area contributed by atoms with Crippen molar-refractivity contribution in [3.63, 3.8) is 0 Å². The van der Waals surface area contributed by atoms with Crippen LogP contribution in [0.15, 0.2) is 30.3 Å². The molecule has 0 unspecified atom stereocenters. The number of nitrogens with zero attached hydrogens (tertiary/aromatic N) is 1. The van der Waals surface area contributed by atoms with Crippen molar-refractivity contribution in [1.82, 2.24) is 5.06 Å². The summed E-state index contributed by atoms with van der Waals surface area (Å²) in [7, 11) is -3.69. The first kappa shape index (κ1) is 15.7. The molecule has 6 heteroatoms. The molecule has 1 rings (SSSR count). The Labute approximate surface area is 114 Å². The van der Waals surface area contributed by atoms with E-state index in [-0.39, 0.29) is 18.9 Å². The molecule has 106 valence electrons. The zero-order valence-electron chi connectivity index (χ0n) is 11.2. The Balaban J connectivity index is 2.71. The third kappa shape index (κ3) is 6.35. The van der Waals surface area contributed by atoms with E-state index in [4.69, 9.17) is 4.28 Å². The molecule has 19 heavy (non-hydrogen) atoms. The number of amides is 1. The van der Waals surface area contributed by atoms with E-state index in [0.29, 0.717) is 6.42 Å². The van der Waals surface area contributed by atoms with Crippen molar-refractivity contribution in [3.05, 3.63) is 35.9 Å². The van der Waals surface area contributed by atoms with E-state index in [9.17, 15) is 13.2 Å². The van der Waals surface area contributed by atoms with Gasteiger partial charge in [0.2, 0.25) is 0 Å². The van der Waals surface area contributed by atoms with Gasteiger partial charge in [-0.3, -0.25) is 4.79 Å². The Morgan fingerprint density at radius 1 is 1.26 bits per heavy atom. The summed E-state index contributed by atoms with van der Waals surface area (Å²) in [6.45, 7) is 2.23. The Bertz CT molecular complexity index is 499. The lowest BCUT2D eigenvalue weighted by atomic mass is 10.1. The van der Waals surface area contributed by atoms with Gasteiger partial charge in [0.1, 0.15) is 0 Å². The quantitative estimate of drug-likeness (QED) is 0.716. The summed E-state index contributed by atoms with van der Waals surface area (Å²) in [6.07, 6.45) is 2.60. The standard InChI is InChI=1S/C13H19NO4S/c1-3-4-10-14(18-19(2,16)17)13(15)11-12-8-6-5-7-9-12/h5-9H,3-4,10-11H2,1-2H3. The minimum Gasteiger partial charge on any atom is -0.272 e. The first-order valence-electron chi connectivity index (χ1n) is 6.16. The van der Waals surface area contributed by atoms with E-state index in [2.05, 4.69) is 0 Å². The Kier molecular flexibility index (Phi) is 5.98. The number of carbonyl (C=O) groups excluding carboxylic acids is 1. The Morgan fingerprint density at radius 3 is 2.42 bits per heavy atom. The van der Waals surface area contributed by atoms with Crippen molar-refractivity contribution in [1.29, 1.82) is 0 Å². The molecule has 0 saturated heterocycles. The van der Waals surface area contributed by atoms with Crippen molar-refractivity contribution in [2.75, 3.05) is 12.8 Å². The molecule has 0 aromatic heterocycles. The van der Waals surface area contributed by atoms with Crippen LogP contribution >= 0.6 is 0 Å². The van der Waals surface area contributed by atoms with Gasteiger partial charge in [-0.1, -0.05) is 43.7 Å². The van der Waals surface area contributed by atoms with Crippen molar-refractivity contribution >= 4 is 16.0 Å². The van der Waals surface area contributed by atoms with E-state index < -0.39 is 10.1 Å². The molecule has 1 amide bonds. The van der Waals surface area contributed by atoms with Crippen LogP contribution in [0.25, 0.3) is 0 Å². The molecule has 1 aromatic rings. The van der Waals surface area contributed by atoms with Crippen LogP contribution in [0.1, 0.15) is 25.3 Å². The van der Waals surface area contributed by atoms with Gasteiger partial charge in [-0.25, -0.2) is 5.06 Å². The Morgan fingerprint density at radius 2 is 1.89 bits per heavy atom. The second-order valence-corrected chi connectivity index (χ2v) is 5.85. The summed E-state index contributed by atoms with van der Waals surface area (Å²) in [5.74, 6) is -0.356. The van der Waals surface area contributed by atoms with Gasteiger partial charge in [0, 0.05) is 0 Å². The van der Waals surface area contributed by atoms with Crippen LogP contribution in [0.5, 0.6) is 0 Å². The molecule has 0 bridgehead atoms. The predicted octanol–water partition coefficient (Wildman–Crippen LogP) is 1.75. The molecule has 0 aliphatic heterocycles. The molecule has 0 heterocycles. The van der Waals surface area contributed by atoms with E-state index in [1.165, 1.54) is 0 Å². The molecule has 0 radical (unpaired) electrons. The van der Waals surface area contributed by atoms with Gasteiger partial charge in [-0.2, -0.15) is 8.42 Å². The highest BCUT2D eigenvalue weighted by atomic mass is 32.2. The summed E-state index contributed by atoms with van der Waals surface area (Å²) < 4.78 is 27.0. The third-order valence-corrected chi connectivity index (χ3v) is 2.87.